The van der Waals surface area contributed by atoms with Crippen molar-refractivity contribution >= 4 is 46.1 Å². The normalized spacial score (nSPS) is 12.6. The number of rotatable bonds is 3. The number of aromatic hydroxyl groups is 1. The van der Waals surface area contributed by atoms with Gasteiger partial charge in [-0.05, 0) is 32.0 Å². The lowest BCUT2D eigenvalue weighted by atomic mass is 9.83. The Morgan fingerprint density at radius 2 is 1.64 bits per heavy atom. The van der Waals surface area contributed by atoms with Gasteiger partial charge in [0, 0.05) is 17.7 Å². The minimum absolute atomic E-state index is 0.0179. The standard InChI is InChI=1S/C23H14Cl2N4O4/c1-3-29-22(32)12(9-26)10(2)19(23(29)33)28-27-15-6-4-5-11-16(15)21(31)18-14(25)8-7-13(24)17(18)20(11)30/h4-8,32H,3H2,1-2H3. The van der Waals surface area contributed by atoms with Crippen LogP contribution >= 0.6 is 23.2 Å². The molecule has 0 unspecified atom stereocenters. The maximum atomic E-state index is 13.3. The summed E-state index contributed by atoms with van der Waals surface area (Å²) in [6, 6.07) is 9.19. The fourth-order valence-electron chi connectivity index (χ4n) is 3.76. The summed E-state index contributed by atoms with van der Waals surface area (Å²) in [6.07, 6.45) is 0. The first-order chi connectivity index (χ1) is 15.7. The van der Waals surface area contributed by atoms with Gasteiger partial charge >= 0.3 is 0 Å². The van der Waals surface area contributed by atoms with Crippen molar-refractivity contribution in [2.24, 2.45) is 10.2 Å². The molecular formula is C23H14Cl2N4O4. The molecule has 0 saturated carbocycles. The van der Waals surface area contributed by atoms with Gasteiger partial charge < -0.3 is 5.11 Å². The SMILES string of the molecule is CCn1c(O)c(C#N)c(C)c(N=Nc2cccc3c2C(=O)c2c(Cl)ccc(Cl)c2C3=O)c1=O. The lowest BCUT2D eigenvalue weighted by Crippen LogP contribution is -2.22. The van der Waals surface area contributed by atoms with Crippen LogP contribution in [0.25, 0.3) is 0 Å². The third kappa shape index (κ3) is 3.33. The third-order valence-corrected chi connectivity index (χ3v) is 6.04. The molecule has 0 saturated heterocycles. The van der Waals surface area contributed by atoms with E-state index < -0.39 is 23.0 Å². The molecule has 1 aromatic heterocycles. The van der Waals surface area contributed by atoms with Crippen molar-refractivity contribution in [3.63, 3.8) is 0 Å². The summed E-state index contributed by atoms with van der Waals surface area (Å²) in [4.78, 5) is 39.1. The minimum atomic E-state index is -0.650. The number of halogens is 2. The fourth-order valence-corrected chi connectivity index (χ4v) is 4.25. The number of aromatic nitrogens is 1. The molecule has 1 N–H and O–H groups in total. The molecule has 164 valence electrons. The average Bonchev–Trinajstić information content (AvgIpc) is 2.79. The Bertz CT molecular complexity index is 1520. The number of carbonyl (C=O) groups is 2. The van der Waals surface area contributed by atoms with Crippen molar-refractivity contribution in [2.75, 3.05) is 0 Å². The Balaban J connectivity index is 1.92. The van der Waals surface area contributed by atoms with E-state index >= 15 is 0 Å². The molecule has 3 aromatic rings. The van der Waals surface area contributed by atoms with Crippen LogP contribution < -0.4 is 5.56 Å². The van der Waals surface area contributed by atoms with Crippen LogP contribution in [0, 0.1) is 18.3 Å². The second-order valence-electron chi connectivity index (χ2n) is 7.17. The topological polar surface area (TPSA) is 125 Å². The van der Waals surface area contributed by atoms with Crippen LogP contribution in [0.3, 0.4) is 0 Å². The van der Waals surface area contributed by atoms with Gasteiger partial charge in [0.2, 0.25) is 5.88 Å². The smallest absolute Gasteiger partial charge is 0.281 e. The molecule has 1 aliphatic rings. The molecule has 10 heteroatoms. The Hall–Kier alpha value is -3.80. The van der Waals surface area contributed by atoms with E-state index in [0.29, 0.717) is 0 Å². The van der Waals surface area contributed by atoms with Crippen LogP contribution in [0.1, 0.15) is 49.9 Å². The van der Waals surface area contributed by atoms with Gasteiger partial charge in [0.05, 0.1) is 32.4 Å². The molecule has 0 aliphatic heterocycles. The van der Waals surface area contributed by atoms with Crippen LogP contribution in [0.2, 0.25) is 10.0 Å². The van der Waals surface area contributed by atoms with Crippen molar-refractivity contribution in [2.45, 2.75) is 20.4 Å². The summed E-state index contributed by atoms with van der Waals surface area (Å²) < 4.78 is 0.993. The van der Waals surface area contributed by atoms with E-state index in [1.165, 1.54) is 37.3 Å². The molecule has 0 amide bonds. The number of ketones is 2. The van der Waals surface area contributed by atoms with Gasteiger partial charge in [-0.25, -0.2) is 0 Å². The highest BCUT2D eigenvalue weighted by Crippen LogP contribution is 2.39. The van der Waals surface area contributed by atoms with Gasteiger partial charge in [-0.2, -0.15) is 5.26 Å². The number of carbonyl (C=O) groups excluding carboxylic acids is 2. The number of hydrogen-bond acceptors (Lipinski definition) is 7. The van der Waals surface area contributed by atoms with Gasteiger partial charge in [0.15, 0.2) is 17.3 Å². The predicted molar refractivity (Wildman–Crippen MR) is 121 cm³/mol. The maximum Gasteiger partial charge on any atom is 0.281 e. The zero-order chi connectivity index (χ0) is 24.0. The largest absolute Gasteiger partial charge is 0.493 e. The average molecular weight is 481 g/mol. The molecule has 1 aliphatic carbocycles. The van der Waals surface area contributed by atoms with E-state index in [9.17, 15) is 24.8 Å². The van der Waals surface area contributed by atoms with Crippen LogP contribution in [-0.4, -0.2) is 21.2 Å². The maximum absolute atomic E-state index is 13.3. The number of fused-ring (bicyclic) bond motifs is 2. The van der Waals surface area contributed by atoms with Gasteiger partial charge in [0.25, 0.3) is 5.56 Å². The van der Waals surface area contributed by atoms with Crippen LogP contribution in [0.5, 0.6) is 5.88 Å². The van der Waals surface area contributed by atoms with Gasteiger partial charge in [0.1, 0.15) is 11.6 Å². The molecule has 0 radical (unpaired) electrons. The Labute approximate surface area is 197 Å². The van der Waals surface area contributed by atoms with Crippen molar-refractivity contribution in [1.29, 1.82) is 5.26 Å². The fraction of sp³-hybridized carbons (Fsp3) is 0.130. The second kappa shape index (κ2) is 8.28. The molecule has 1 heterocycles. The lowest BCUT2D eigenvalue weighted by Gasteiger charge is -2.20. The number of pyridine rings is 1. The number of nitriles is 1. The number of hydrogen-bond donors (Lipinski definition) is 1. The molecule has 0 bridgehead atoms. The van der Waals surface area contributed by atoms with Crippen LogP contribution in [0.15, 0.2) is 45.4 Å². The number of nitrogens with zero attached hydrogens (tertiary/aromatic N) is 4. The zero-order valence-electron chi connectivity index (χ0n) is 17.3. The van der Waals surface area contributed by atoms with E-state index in [4.69, 9.17) is 23.2 Å². The van der Waals surface area contributed by atoms with Gasteiger partial charge in [-0.15, -0.1) is 10.2 Å². The Kier molecular flexibility index (Phi) is 5.62. The van der Waals surface area contributed by atoms with E-state index in [-0.39, 0.29) is 61.3 Å². The summed E-state index contributed by atoms with van der Waals surface area (Å²) >= 11 is 12.4. The Morgan fingerprint density at radius 1 is 1.00 bits per heavy atom. The van der Waals surface area contributed by atoms with Crippen LogP contribution in [-0.2, 0) is 6.54 Å². The van der Waals surface area contributed by atoms with E-state index in [1.807, 2.05) is 6.07 Å². The molecule has 0 spiro atoms. The predicted octanol–water partition coefficient (Wildman–Crippen LogP) is 5.25. The van der Waals surface area contributed by atoms with Crippen LogP contribution in [0.4, 0.5) is 11.4 Å². The summed E-state index contributed by atoms with van der Waals surface area (Å²) in [7, 11) is 0. The van der Waals surface area contributed by atoms with Gasteiger partial charge in [-0.1, -0.05) is 35.3 Å². The highest BCUT2D eigenvalue weighted by Gasteiger charge is 2.35. The summed E-state index contributed by atoms with van der Waals surface area (Å²) in [5.74, 6) is -1.49. The third-order valence-electron chi connectivity index (χ3n) is 5.41. The quantitative estimate of drug-likeness (QED) is 0.400. The molecular weight excluding hydrogens is 467 g/mol. The Morgan fingerprint density at radius 3 is 2.24 bits per heavy atom. The summed E-state index contributed by atoms with van der Waals surface area (Å²) in [5, 5.41) is 27.8. The van der Waals surface area contributed by atoms with Crippen molar-refractivity contribution in [1.82, 2.24) is 4.57 Å². The van der Waals surface area contributed by atoms with Gasteiger partial charge in [-0.3, -0.25) is 19.0 Å². The first-order valence-corrected chi connectivity index (χ1v) is 10.5. The molecule has 2 aromatic carbocycles. The molecule has 0 atom stereocenters. The zero-order valence-corrected chi connectivity index (χ0v) is 18.8. The van der Waals surface area contributed by atoms with Crippen molar-refractivity contribution in [3.8, 4) is 11.9 Å². The molecule has 0 fully saturated rings. The second-order valence-corrected chi connectivity index (χ2v) is 7.98. The van der Waals surface area contributed by atoms with E-state index in [1.54, 1.807) is 6.92 Å². The first kappa shape index (κ1) is 22.4. The van der Waals surface area contributed by atoms with Crippen molar-refractivity contribution < 1.29 is 14.7 Å². The summed E-state index contributed by atoms with van der Waals surface area (Å²) in [6.45, 7) is 3.19. The molecule has 4 rings (SSSR count). The van der Waals surface area contributed by atoms with Crippen molar-refractivity contribution in [3.05, 3.63) is 84.1 Å². The monoisotopic (exact) mass is 480 g/mol. The highest BCUT2D eigenvalue weighted by molar-refractivity contribution is 6.43. The molecule has 8 nitrogen and oxygen atoms in total. The number of azo groups is 1. The minimum Gasteiger partial charge on any atom is -0.493 e. The number of benzene rings is 2. The highest BCUT2D eigenvalue weighted by atomic mass is 35.5. The lowest BCUT2D eigenvalue weighted by molar-refractivity contribution is 0.0979. The van der Waals surface area contributed by atoms with E-state index in [0.717, 1.165) is 4.57 Å². The summed E-state index contributed by atoms with van der Waals surface area (Å²) in [5.41, 5.74) is -0.679. The first-order valence-electron chi connectivity index (χ1n) is 9.71. The molecule has 33 heavy (non-hydrogen) atoms. The van der Waals surface area contributed by atoms with E-state index in [2.05, 4.69) is 10.2 Å².